The van der Waals surface area contributed by atoms with Crippen molar-refractivity contribution >= 4 is 29.1 Å². The molecule has 0 heterocycles. The number of nitrogens with one attached hydrogen (secondary N) is 2. The summed E-state index contributed by atoms with van der Waals surface area (Å²) in [6.45, 7) is 3.91. The number of carbonyl (C=O) groups excluding carboxylic acids is 2. The predicted molar refractivity (Wildman–Crippen MR) is 86.2 cm³/mol. The molecule has 1 aromatic carbocycles. The minimum Gasteiger partial charge on any atom is -0.495 e. The van der Waals surface area contributed by atoms with Crippen LogP contribution in [0.5, 0.6) is 5.75 Å². The van der Waals surface area contributed by atoms with Gasteiger partial charge in [-0.05, 0) is 44.4 Å². The van der Waals surface area contributed by atoms with Gasteiger partial charge in [0.1, 0.15) is 11.2 Å². The molecule has 2 N–H and O–H groups in total. The number of carbonyl (C=O) groups is 2. The average molecular weight is 325 g/mol. The molecular formula is C16H21ClN2O3. The van der Waals surface area contributed by atoms with E-state index in [1.165, 1.54) is 7.11 Å². The second-order valence-electron chi connectivity index (χ2n) is 5.66. The van der Waals surface area contributed by atoms with Crippen molar-refractivity contribution in [1.82, 2.24) is 5.32 Å². The summed E-state index contributed by atoms with van der Waals surface area (Å²) in [6.07, 6.45) is 1.94. The SMILES string of the molecule is CCC(C)NC(=O)C1(C(=O)Nc2cc(Cl)ccc2OC)CC1. The summed E-state index contributed by atoms with van der Waals surface area (Å²) in [5, 5.41) is 6.14. The van der Waals surface area contributed by atoms with Gasteiger partial charge in [0.25, 0.3) is 0 Å². The van der Waals surface area contributed by atoms with Crippen molar-refractivity contribution < 1.29 is 14.3 Å². The van der Waals surface area contributed by atoms with Crippen molar-refractivity contribution in [2.24, 2.45) is 5.41 Å². The summed E-state index contributed by atoms with van der Waals surface area (Å²) in [7, 11) is 1.52. The van der Waals surface area contributed by atoms with Crippen LogP contribution in [0.1, 0.15) is 33.1 Å². The van der Waals surface area contributed by atoms with E-state index in [-0.39, 0.29) is 17.9 Å². The van der Waals surface area contributed by atoms with Crippen LogP contribution in [0, 0.1) is 5.41 Å². The minimum atomic E-state index is -0.962. The molecule has 120 valence electrons. The molecule has 0 aromatic heterocycles. The molecule has 5 nitrogen and oxygen atoms in total. The third kappa shape index (κ3) is 3.35. The third-order valence-corrected chi connectivity index (χ3v) is 4.25. The summed E-state index contributed by atoms with van der Waals surface area (Å²) in [5.74, 6) is -0.00917. The summed E-state index contributed by atoms with van der Waals surface area (Å²) < 4.78 is 5.20. The number of rotatable bonds is 6. The zero-order valence-corrected chi connectivity index (χ0v) is 13.8. The lowest BCUT2D eigenvalue weighted by molar-refractivity contribution is -0.134. The van der Waals surface area contributed by atoms with Gasteiger partial charge < -0.3 is 15.4 Å². The average Bonchev–Trinajstić information content (AvgIpc) is 3.29. The standard InChI is InChI=1S/C16H21ClN2O3/c1-4-10(2)18-14(20)16(7-8-16)15(21)19-12-9-11(17)5-6-13(12)22-3/h5-6,9-10H,4,7-8H2,1-3H3,(H,18,20)(H,19,21). The fourth-order valence-corrected chi connectivity index (χ4v) is 2.34. The van der Waals surface area contributed by atoms with Crippen LogP contribution in [0.15, 0.2) is 18.2 Å². The number of methoxy groups -OCH3 is 1. The Balaban J connectivity index is 2.12. The van der Waals surface area contributed by atoms with E-state index in [1.807, 2.05) is 13.8 Å². The smallest absolute Gasteiger partial charge is 0.240 e. The zero-order valence-electron chi connectivity index (χ0n) is 13.0. The Morgan fingerprint density at radius 2 is 2.05 bits per heavy atom. The number of ether oxygens (including phenoxy) is 1. The van der Waals surface area contributed by atoms with E-state index >= 15 is 0 Å². The Hall–Kier alpha value is -1.75. The van der Waals surface area contributed by atoms with Crippen molar-refractivity contribution in [2.75, 3.05) is 12.4 Å². The first-order valence-corrected chi connectivity index (χ1v) is 7.76. The summed E-state index contributed by atoms with van der Waals surface area (Å²) in [5.41, 5.74) is -0.487. The van der Waals surface area contributed by atoms with Crippen LogP contribution >= 0.6 is 11.6 Å². The fourth-order valence-electron chi connectivity index (χ4n) is 2.17. The van der Waals surface area contributed by atoms with Crippen molar-refractivity contribution in [3.8, 4) is 5.75 Å². The van der Waals surface area contributed by atoms with Gasteiger partial charge in [0.2, 0.25) is 11.8 Å². The molecule has 1 atom stereocenters. The largest absolute Gasteiger partial charge is 0.495 e. The first kappa shape index (κ1) is 16.6. The maximum absolute atomic E-state index is 12.5. The number of anilines is 1. The molecule has 0 aliphatic heterocycles. The topological polar surface area (TPSA) is 67.4 Å². The van der Waals surface area contributed by atoms with E-state index < -0.39 is 5.41 Å². The van der Waals surface area contributed by atoms with Gasteiger partial charge in [0.15, 0.2) is 0 Å². The lowest BCUT2D eigenvalue weighted by atomic mass is 10.0. The van der Waals surface area contributed by atoms with Crippen LogP contribution in [-0.4, -0.2) is 25.0 Å². The quantitative estimate of drug-likeness (QED) is 0.790. The predicted octanol–water partition coefficient (Wildman–Crippen LogP) is 2.98. The normalized spacial score (nSPS) is 16.5. The van der Waals surface area contributed by atoms with E-state index in [1.54, 1.807) is 18.2 Å². The van der Waals surface area contributed by atoms with Crippen LogP contribution < -0.4 is 15.4 Å². The summed E-state index contributed by atoms with van der Waals surface area (Å²) in [4.78, 5) is 24.8. The monoisotopic (exact) mass is 324 g/mol. The van der Waals surface area contributed by atoms with Crippen LogP contribution in [0.4, 0.5) is 5.69 Å². The molecule has 2 rings (SSSR count). The van der Waals surface area contributed by atoms with E-state index in [4.69, 9.17) is 16.3 Å². The molecule has 1 unspecified atom stereocenters. The molecule has 22 heavy (non-hydrogen) atoms. The highest BCUT2D eigenvalue weighted by Crippen LogP contribution is 2.47. The van der Waals surface area contributed by atoms with Gasteiger partial charge in [0, 0.05) is 11.1 Å². The van der Waals surface area contributed by atoms with Gasteiger partial charge in [-0.15, -0.1) is 0 Å². The maximum atomic E-state index is 12.5. The van der Waals surface area contributed by atoms with Crippen molar-refractivity contribution in [3.05, 3.63) is 23.2 Å². The van der Waals surface area contributed by atoms with Gasteiger partial charge in [0.05, 0.1) is 12.8 Å². The molecule has 1 saturated carbocycles. The Labute approximate surface area is 135 Å². The molecule has 0 radical (unpaired) electrons. The summed E-state index contributed by atoms with van der Waals surface area (Å²) in [6, 6.07) is 5.02. The zero-order chi connectivity index (χ0) is 16.3. The van der Waals surface area contributed by atoms with E-state index in [0.29, 0.717) is 29.3 Å². The van der Waals surface area contributed by atoms with Crippen LogP contribution in [0.2, 0.25) is 5.02 Å². The molecular weight excluding hydrogens is 304 g/mol. The summed E-state index contributed by atoms with van der Waals surface area (Å²) >= 11 is 5.95. The van der Waals surface area contributed by atoms with Gasteiger partial charge in [-0.25, -0.2) is 0 Å². The number of amides is 2. The number of hydrogen-bond acceptors (Lipinski definition) is 3. The Bertz CT molecular complexity index is 585. The molecule has 1 aliphatic rings. The van der Waals surface area contributed by atoms with E-state index in [2.05, 4.69) is 10.6 Å². The minimum absolute atomic E-state index is 0.0541. The van der Waals surface area contributed by atoms with Crippen molar-refractivity contribution in [2.45, 2.75) is 39.2 Å². The molecule has 6 heteroatoms. The third-order valence-electron chi connectivity index (χ3n) is 4.02. The van der Waals surface area contributed by atoms with E-state index in [0.717, 1.165) is 6.42 Å². The molecule has 1 aliphatic carbocycles. The fraction of sp³-hybridized carbons (Fsp3) is 0.500. The molecule has 0 bridgehead atoms. The number of halogens is 1. The first-order valence-electron chi connectivity index (χ1n) is 7.39. The second kappa shape index (κ2) is 6.57. The lowest BCUT2D eigenvalue weighted by Crippen LogP contribution is -2.43. The van der Waals surface area contributed by atoms with Crippen LogP contribution in [0.25, 0.3) is 0 Å². The number of benzene rings is 1. The Morgan fingerprint density at radius 1 is 1.36 bits per heavy atom. The van der Waals surface area contributed by atoms with Gasteiger partial charge >= 0.3 is 0 Å². The molecule has 0 saturated heterocycles. The highest BCUT2D eigenvalue weighted by atomic mass is 35.5. The molecule has 2 amide bonds. The Kier molecular flexibility index (Phi) is 4.96. The van der Waals surface area contributed by atoms with Gasteiger partial charge in [-0.1, -0.05) is 18.5 Å². The molecule has 0 spiro atoms. The molecule has 1 fully saturated rings. The van der Waals surface area contributed by atoms with Crippen LogP contribution in [0.3, 0.4) is 0 Å². The second-order valence-corrected chi connectivity index (χ2v) is 6.10. The van der Waals surface area contributed by atoms with Crippen molar-refractivity contribution in [3.63, 3.8) is 0 Å². The van der Waals surface area contributed by atoms with Crippen LogP contribution in [-0.2, 0) is 9.59 Å². The maximum Gasteiger partial charge on any atom is 0.240 e. The van der Waals surface area contributed by atoms with Gasteiger partial charge in [-0.2, -0.15) is 0 Å². The highest BCUT2D eigenvalue weighted by molar-refractivity contribution is 6.31. The highest BCUT2D eigenvalue weighted by Gasteiger charge is 2.56. The molecule has 1 aromatic rings. The van der Waals surface area contributed by atoms with Gasteiger partial charge in [-0.3, -0.25) is 9.59 Å². The van der Waals surface area contributed by atoms with Crippen molar-refractivity contribution in [1.29, 1.82) is 0 Å². The lowest BCUT2D eigenvalue weighted by Gasteiger charge is -2.19. The number of hydrogen-bond donors (Lipinski definition) is 2. The first-order chi connectivity index (χ1) is 10.4. The Morgan fingerprint density at radius 3 is 2.59 bits per heavy atom. The van der Waals surface area contributed by atoms with E-state index in [9.17, 15) is 9.59 Å².